The molecule has 1 aliphatic heterocycles. The van der Waals surface area contributed by atoms with Gasteiger partial charge >= 0.3 is 0 Å². The van der Waals surface area contributed by atoms with Gasteiger partial charge in [-0.05, 0) is 46.2 Å². The molecule has 0 aliphatic carbocycles. The number of aliphatic imine (C=N–C) groups is 1. The van der Waals surface area contributed by atoms with Gasteiger partial charge in [0.15, 0.2) is 0 Å². The molecule has 0 spiro atoms. The molecule has 0 aromatic rings. The first kappa shape index (κ1) is 11.4. The molecule has 2 nitrogen and oxygen atoms in total. The smallest absolute Gasteiger partial charge is 0.0224 e. The molecular formula is C12H22N2. The van der Waals surface area contributed by atoms with Crippen molar-refractivity contribution in [2.75, 3.05) is 19.6 Å². The Hall–Kier alpha value is -0.630. The third-order valence-corrected chi connectivity index (χ3v) is 2.68. The molecule has 0 unspecified atom stereocenters. The number of piperidine rings is 1. The van der Waals surface area contributed by atoms with Gasteiger partial charge in [0.05, 0.1) is 0 Å². The van der Waals surface area contributed by atoms with Gasteiger partial charge in [-0.2, -0.15) is 0 Å². The van der Waals surface area contributed by atoms with Crippen molar-refractivity contribution in [2.45, 2.75) is 39.5 Å². The van der Waals surface area contributed by atoms with Gasteiger partial charge in [0.2, 0.25) is 0 Å². The maximum atomic E-state index is 4.34. The molecule has 1 heterocycles. The van der Waals surface area contributed by atoms with Crippen molar-refractivity contribution < 1.29 is 0 Å². The second kappa shape index (κ2) is 6.77. The zero-order chi connectivity index (χ0) is 10.2. The predicted octanol–water partition coefficient (Wildman–Crippen LogP) is 2.86. The van der Waals surface area contributed by atoms with E-state index < -0.39 is 0 Å². The molecule has 0 bridgehead atoms. The molecule has 0 N–H and O–H groups in total. The Morgan fingerprint density at radius 1 is 1.29 bits per heavy atom. The standard InChI is InChI=1S/C12H22N2/c1-3-8-13-12(2)7-11-14-9-5-4-6-10-14/h3,8H,4-7,9-11H2,1-2H3/b8-3-,13-12?. The minimum Gasteiger partial charge on any atom is -0.303 e. The number of rotatable bonds is 4. The van der Waals surface area contributed by atoms with Crippen molar-refractivity contribution in [1.82, 2.24) is 4.90 Å². The molecule has 1 saturated heterocycles. The van der Waals surface area contributed by atoms with Crippen molar-refractivity contribution >= 4 is 5.71 Å². The average molecular weight is 194 g/mol. The highest BCUT2D eigenvalue weighted by atomic mass is 15.1. The van der Waals surface area contributed by atoms with Crippen LogP contribution >= 0.6 is 0 Å². The van der Waals surface area contributed by atoms with Crippen molar-refractivity contribution in [1.29, 1.82) is 0 Å². The van der Waals surface area contributed by atoms with Crippen LogP contribution in [0.1, 0.15) is 39.5 Å². The Balaban J connectivity index is 2.18. The number of likely N-dealkylation sites (tertiary alicyclic amines) is 1. The Kier molecular flexibility index (Phi) is 5.53. The lowest BCUT2D eigenvalue weighted by Crippen LogP contribution is -2.31. The zero-order valence-electron chi connectivity index (χ0n) is 9.50. The molecular weight excluding hydrogens is 172 g/mol. The summed E-state index contributed by atoms with van der Waals surface area (Å²) in [7, 11) is 0. The molecule has 0 aromatic heterocycles. The van der Waals surface area contributed by atoms with E-state index in [9.17, 15) is 0 Å². The molecule has 1 aliphatic rings. The molecule has 0 amide bonds. The first-order chi connectivity index (χ1) is 6.83. The molecule has 0 atom stereocenters. The molecule has 14 heavy (non-hydrogen) atoms. The van der Waals surface area contributed by atoms with Crippen LogP contribution in [-0.2, 0) is 0 Å². The minimum atomic E-state index is 1.12. The van der Waals surface area contributed by atoms with E-state index in [1.165, 1.54) is 44.6 Å². The lowest BCUT2D eigenvalue weighted by atomic mass is 10.1. The lowest BCUT2D eigenvalue weighted by Gasteiger charge is -2.26. The summed E-state index contributed by atoms with van der Waals surface area (Å²) in [6, 6.07) is 0. The van der Waals surface area contributed by atoms with Crippen molar-refractivity contribution in [3.63, 3.8) is 0 Å². The van der Waals surface area contributed by atoms with E-state index in [2.05, 4.69) is 16.8 Å². The third kappa shape index (κ3) is 4.56. The first-order valence-electron chi connectivity index (χ1n) is 5.69. The number of nitrogens with zero attached hydrogens (tertiary/aromatic N) is 2. The molecule has 2 heteroatoms. The van der Waals surface area contributed by atoms with Crippen LogP contribution in [0, 0.1) is 0 Å². The maximum absolute atomic E-state index is 4.34. The summed E-state index contributed by atoms with van der Waals surface area (Å²) in [5, 5.41) is 0. The zero-order valence-corrected chi connectivity index (χ0v) is 9.50. The SMILES string of the molecule is C/C=C\N=C(C)CCN1CCCCC1. The van der Waals surface area contributed by atoms with Crippen LogP contribution in [0.4, 0.5) is 0 Å². The van der Waals surface area contributed by atoms with E-state index in [4.69, 9.17) is 0 Å². The highest BCUT2D eigenvalue weighted by Crippen LogP contribution is 2.08. The second-order valence-corrected chi connectivity index (χ2v) is 4.00. The Bertz CT molecular complexity index is 200. The van der Waals surface area contributed by atoms with Gasteiger partial charge in [-0.25, -0.2) is 0 Å². The highest BCUT2D eigenvalue weighted by Gasteiger charge is 2.09. The van der Waals surface area contributed by atoms with E-state index in [1.54, 1.807) is 0 Å². The van der Waals surface area contributed by atoms with E-state index in [0.29, 0.717) is 0 Å². The molecule has 1 rings (SSSR count). The Morgan fingerprint density at radius 3 is 2.64 bits per heavy atom. The Morgan fingerprint density at radius 2 is 2.00 bits per heavy atom. The molecule has 0 aromatic carbocycles. The number of allylic oxidation sites excluding steroid dienone is 1. The van der Waals surface area contributed by atoms with Gasteiger partial charge in [0, 0.05) is 18.5 Å². The van der Waals surface area contributed by atoms with Gasteiger partial charge < -0.3 is 4.90 Å². The van der Waals surface area contributed by atoms with Crippen LogP contribution in [-0.4, -0.2) is 30.2 Å². The second-order valence-electron chi connectivity index (χ2n) is 4.00. The quantitative estimate of drug-likeness (QED) is 0.628. The van der Waals surface area contributed by atoms with E-state index in [1.807, 2.05) is 19.2 Å². The first-order valence-corrected chi connectivity index (χ1v) is 5.69. The van der Waals surface area contributed by atoms with Crippen LogP contribution in [0.5, 0.6) is 0 Å². The van der Waals surface area contributed by atoms with Gasteiger partial charge in [-0.15, -0.1) is 0 Å². The molecule has 0 saturated carbocycles. The fourth-order valence-electron chi connectivity index (χ4n) is 1.77. The fourth-order valence-corrected chi connectivity index (χ4v) is 1.77. The summed E-state index contributed by atoms with van der Waals surface area (Å²) in [5.41, 5.74) is 1.24. The van der Waals surface area contributed by atoms with E-state index in [0.717, 1.165) is 6.42 Å². The summed E-state index contributed by atoms with van der Waals surface area (Å²) >= 11 is 0. The van der Waals surface area contributed by atoms with Gasteiger partial charge in [-0.1, -0.05) is 12.5 Å². The highest BCUT2D eigenvalue weighted by molar-refractivity contribution is 5.82. The summed E-state index contributed by atoms with van der Waals surface area (Å²) in [4.78, 5) is 6.89. The summed E-state index contributed by atoms with van der Waals surface area (Å²) < 4.78 is 0. The minimum absolute atomic E-state index is 1.12. The number of hydrogen-bond donors (Lipinski definition) is 0. The topological polar surface area (TPSA) is 15.6 Å². The fraction of sp³-hybridized carbons (Fsp3) is 0.750. The van der Waals surface area contributed by atoms with Crippen LogP contribution in [0.2, 0.25) is 0 Å². The number of hydrogen-bond acceptors (Lipinski definition) is 2. The third-order valence-electron chi connectivity index (χ3n) is 2.68. The summed E-state index contributed by atoms with van der Waals surface area (Å²) in [6.07, 6.45) is 9.15. The average Bonchev–Trinajstić information content (AvgIpc) is 2.25. The van der Waals surface area contributed by atoms with Crippen molar-refractivity contribution in [2.24, 2.45) is 4.99 Å². The van der Waals surface area contributed by atoms with Crippen LogP contribution in [0.15, 0.2) is 17.3 Å². The predicted molar refractivity (Wildman–Crippen MR) is 62.8 cm³/mol. The lowest BCUT2D eigenvalue weighted by molar-refractivity contribution is 0.235. The van der Waals surface area contributed by atoms with E-state index in [-0.39, 0.29) is 0 Å². The normalized spacial score (nSPS) is 20.6. The monoisotopic (exact) mass is 194 g/mol. The van der Waals surface area contributed by atoms with Crippen LogP contribution in [0.25, 0.3) is 0 Å². The molecule has 0 radical (unpaired) electrons. The van der Waals surface area contributed by atoms with Crippen molar-refractivity contribution in [3.8, 4) is 0 Å². The maximum Gasteiger partial charge on any atom is 0.0224 e. The van der Waals surface area contributed by atoms with Crippen molar-refractivity contribution in [3.05, 3.63) is 12.3 Å². The molecule has 80 valence electrons. The molecule has 1 fully saturated rings. The summed E-state index contributed by atoms with van der Waals surface area (Å²) in [6.45, 7) is 7.88. The van der Waals surface area contributed by atoms with Gasteiger partial charge in [0.25, 0.3) is 0 Å². The summed E-state index contributed by atoms with van der Waals surface area (Å²) in [5.74, 6) is 0. The van der Waals surface area contributed by atoms with Crippen LogP contribution in [0.3, 0.4) is 0 Å². The Labute approximate surface area is 87.7 Å². The largest absolute Gasteiger partial charge is 0.303 e. The van der Waals surface area contributed by atoms with E-state index >= 15 is 0 Å². The van der Waals surface area contributed by atoms with Gasteiger partial charge in [0.1, 0.15) is 0 Å². The van der Waals surface area contributed by atoms with Crippen LogP contribution < -0.4 is 0 Å². The van der Waals surface area contributed by atoms with Gasteiger partial charge in [-0.3, -0.25) is 4.99 Å².